The van der Waals surface area contributed by atoms with Gasteiger partial charge >= 0.3 is 0 Å². The lowest BCUT2D eigenvalue weighted by molar-refractivity contribution is -0.00241. The average Bonchev–Trinajstić information content (AvgIpc) is 2.45. The fourth-order valence-electron chi connectivity index (χ4n) is 1.71. The van der Waals surface area contributed by atoms with Crippen molar-refractivity contribution in [3.63, 3.8) is 0 Å². The van der Waals surface area contributed by atoms with Gasteiger partial charge in [-0.2, -0.15) is 0 Å². The number of aliphatic hydroxyl groups excluding tert-OH is 1. The molecule has 78 valence electrons. The summed E-state index contributed by atoms with van der Waals surface area (Å²) in [5, 5.41) is 9.59. The molecule has 13 heavy (non-hydrogen) atoms. The summed E-state index contributed by atoms with van der Waals surface area (Å²) in [6, 6.07) is 0. The Hall–Kier alpha value is -0.160. The quantitative estimate of drug-likeness (QED) is 0.606. The maximum Gasteiger partial charge on any atom is 0.0972 e. The van der Waals surface area contributed by atoms with Crippen molar-refractivity contribution in [1.82, 2.24) is 4.90 Å². The third-order valence-electron chi connectivity index (χ3n) is 2.37. The van der Waals surface area contributed by atoms with Gasteiger partial charge in [-0.1, -0.05) is 0 Å². The lowest BCUT2D eigenvalue weighted by atomic mass is 10.3. The van der Waals surface area contributed by atoms with E-state index in [1.807, 2.05) is 6.92 Å². The summed E-state index contributed by atoms with van der Waals surface area (Å²) >= 11 is 0. The molecular formula is C9H20N2O2. The molecule has 0 saturated carbocycles. The van der Waals surface area contributed by atoms with E-state index in [1.165, 1.54) is 0 Å². The molecule has 1 rings (SSSR count). The van der Waals surface area contributed by atoms with Gasteiger partial charge in [0, 0.05) is 19.7 Å². The summed E-state index contributed by atoms with van der Waals surface area (Å²) < 4.78 is 5.40. The van der Waals surface area contributed by atoms with Crippen LogP contribution in [0.1, 0.15) is 13.3 Å². The van der Waals surface area contributed by atoms with Crippen LogP contribution in [0.25, 0.3) is 0 Å². The maximum absolute atomic E-state index is 9.59. The van der Waals surface area contributed by atoms with E-state index in [0.29, 0.717) is 13.2 Å². The molecule has 0 aliphatic carbocycles. The zero-order valence-electron chi connectivity index (χ0n) is 8.28. The molecule has 1 aliphatic rings. The predicted molar refractivity (Wildman–Crippen MR) is 51.5 cm³/mol. The Morgan fingerprint density at radius 3 is 2.92 bits per heavy atom. The van der Waals surface area contributed by atoms with Gasteiger partial charge in [-0.05, 0) is 26.4 Å². The highest BCUT2D eigenvalue weighted by Gasteiger charge is 2.30. The zero-order valence-corrected chi connectivity index (χ0v) is 8.28. The largest absolute Gasteiger partial charge is 0.389 e. The van der Waals surface area contributed by atoms with Crippen LogP contribution in [0.3, 0.4) is 0 Å². The van der Waals surface area contributed by atoms with Crippen LogP contribution in [0.5, 0.6) is 0 Å². The summed E-state index contributed by atoms with van der Waals surface area (Å²) in [5.74, 6) is 0. The fourth-order valence-corrected chi connectivity index (χ4v) is 1.71. The van der Waals surface area contributed by atoms with Crippen LogP contribution in [-0.4, -0.2) is 55.0 Å². The average molecular weight is 188 g/mol. The number of nitrogens with two attached hydrogens (primary N) is 1. The third kappa shape index (κ3) is 3.23. The number of likely N-dealkylation sites (tertiary alicyclic amines) is 1. The molecule has 0 bridgehead atoms. The number of nitrogens with zero attached hydrogens (tertiary/aromatic N) is 1. The molecule has 2 atom stereocenters. The van der Waals surface area contributed by atoms with Crippen molar-refractivity contribution in [1.29, 1.82) is 0 Å². The first kappa shape index (κ1) is 10.9. The van der Waals surface area contributed by atoms with Crippen molar-refractivity contribution in [3.8, 4) is 0 Å². The molecule has 0 amide bonds. The zero-order chi connectivity index (χ0) is 9.68. The Bertz CT molecular complexity index is 144. The van der Waals surface area contributed by atoms with Crippen molar-refractivity contribution in [2.45, 2.75) is 25.6 Å². The van der Waals surface area contributed by atoms with E-state index in [1.54, 1.807) is 0 Å². The number of aliphatic hydroxyl groups is 1. The molecule has 0 radical (unpaired) electrons. The Labute approximate surface area is 79.7 Å². The van der Waals surface area contributed by atoms with Gasteiger partial charge in [0.05, 0.1) is 12.2 Å². The van der Waals surface area contributed by atoms with E-state index in [4.69, 9.17) is 10.5 Å². The number of ether oxygens (including phenoxy) is 1. The van der Waals surface area contributed by atoms with Gasteiger partial charge in [0.15, 0.2) is 0 Å². The summed E-state index contributed by atoms with van der Waals surface area (Å²) in [7, 11) is 0. The Morgan fingerprint density at radius 2 is 2.31 bits per heavy atom. The van der Waals surface area contributed by atoms with Crippen LogP contribution in [0.4, 0.5) is 0 Å². The van der Waals surface area contributed by atoms with Crippen molar-refractivity contribution < 1.29 is 9.84 Å². The summed E-state index contributed by atoms with van der Waals surface area (Å²) in [5.41, 5.74) is 5.41. The Balaban J connectivity index is 2.23. The first-order valence-corrected chi connectivity index (χ1v) is 5.00. The van der Waals surface area contributed by atoms with Gasteiger partial charge in [-0.15, -0.1) is 0 Å². The highest BCUT2D eigenvalue weighted by atomic mass is 16.5. The van der Waals surface area contributed by atoms with Gasteiger partial charge in [0.1, 0.15) is 0 Å². The second-order valence-electron chi connectivity index (χ2n) is 3.46. The standard InChI is InChI=1S/C9H20N2O2/c1-2-13-9-7-11(5-3-4-10)6-8(9)12/h8-9,12H,2-7,10H2,1H3/t8-,9-/m0/s1. The predicted octanol–water partition coefficient (Wildman–Crippen LogP) is -0.583. The molecular weight excluding hydrogens is 168 g/mol. The summed E-state index contributed by atoms with van der Waals surface area (Å²) in [6.45, 7) is 5.88. The lowest BCUT2D eigenvalue weighted by Crippen LogP contribution is -2.27. The molecule has 0 spiro atoms. The minimum atomic E-state index is -0.322. The van der Waals surface area contributed by atoms with Crippen molar-refractivity contribution >= 4 is 0 Å². The smallest absolute Gasteiger partial charge is 0.0972 e. The third-order valence-corrected chi connectivity index (χ3v) is 2.37. The van der Waals surface area contributed by atoms with E-state index in [0.717, 1.165) is 26.1 Å². The molecule has 0 aromatic carbocycles. The van der Waals surface area contributed by atoms with E-state index in [2.05, 4.69) is 4.90 Å². The molecule has 1 saturated heterocycles. The normalized spacial score (nSPS) is 29.8. The summed E-state index contributed by atoms with van der Waals surface area (Å²) in [6.07, 6.45) is 0.673. The molecule has 4 heteroatoms. The molecule has 0 aromatic heterocycles. The SMILES string of the molecule is CCO[C@H]1CN(CCCN)C[C@@H]1O. The molecule has 3 N–H and O–H groups in total. The minimum Gasteiger partial charge on any atom is -0.389 e. The van der Waals surface area contributed by atoms with E-state index in [-0.39, 0.29) is 12.2 Å². The Kier molecular flexibility index (Phi) is 4.66. The highest BCUT2D eigenvalue weighted by molar-refractivity contribution is 4.84. The first-order chi connectivity index (χ1) is 6.27. The molecule has 4 nitrogen and oxygen atoms in total. The second-order valence-corrected chi connectivity index (χ2v) is 3.46. The fraction of sp³-hybridized carbons (Fsp3) is 1.00. The monoisotopic (exact) mass is 188 g/mol. The van der Waals surface area contributed by atoms with Crippen molar-refractivity contribution in [2.24, 2.45) is 5.73 Å². The summed E-state index contributed by atoms with van der Waals surface area (Å²) in [4.78, 5) is 2.21. The molecule has 1 heterocycles. The highest BCUT2D eigenvalue weighted by Crippen LogP contribution is 2.13. The van der Waals surface area contributed by atoms with Crippen molar-refractivity contribution in [3.05, 3.63) is 0 Å². The molecule has 1 fully saturated rings. The van der Waals surface area contributed by atoms with Gasteiger partial charge in [0.25, 0.3) is 0 Å². The number of hydrogen-bond donors (Lipinski definition) is 2. The van der Waals surface area contributed by atoms with Crippen LogP contribution >= 0.6 is 0 Å². The van der Waals surface area contributed by atoms with Gasteiger partial charge < -0.3 is 15.6 Å². The van der Waals surface area contributed by atoms with Crippen LogP contribution in [0, 0.1) is 0 Å². The lowest BCUT2D eigenvalue weighted by Gasteiger charge is -2.14. The van der Waals surface area contributed by atoms with E-state index >= 15 is 0 Å². The topological polar surface area (TPSA) is 58.7 Å². The minimum absolute atomic E-state index is 0.00257. The van der Waals surface area contributed by atoms with E-state index in [9.17, 15) is 5.11 Å². The van der Waals surface area contributed by atoms with E-state index < -0.39 is 0 Å². The van der Waals surface area contributed by atoms with Crippen LogP contribution in [-0.2, 0) is 4.74 Å². The van der Waals surface area contributed by atoms with Gasteiger partial charge in [0.2, 0.25) is 0 Å². The second kappa shape index (κ2) is 5.54. The Morgan fingerprint density at radius 1 is 1.54 bits per heavy atom. The number of β-amino-alcohol motifs (C(OH)–C–C–N with tert-alkyl or cyclic N) is 1. The maximum atomic E-state index is 9.59. The van der Waals surface area contributed by atoms with Crippen LogP contribution < -0.4 is 5.73 Å². The molecule has 0 aromatic rings. The molecule has 0 unspecified atom stereocenters. The van der Waals surface area contributed by atoms with Crippen LogP contribution in [0.2, 0.25) is 0 Å². The number of hydrogen-bond acceptors (Lipinski definition) is 4. The van der Waals surface area contributed by atoms with Gasteiger partial charge in [-0.3, -0.25) is 4.90 Å². The number of rotatable bonds is 5. The van der Waals surface area contributed by atoms with Crippen molar-refractivity contribution in [2.75, 3.05) is 32.8 Å². The molecule has 1 aliphatic heterocycles. The van der Waals surface area contributed by atoms with Crippen LogP contribution in [0.15, 0.2) is 0 Å². The first-order valence-electron chi connectivity index (χ1n) is 5.00. The van der Waals surface area contributed by atoms with Gasteiger partial charge in [-0.25, -0.2) is 0 Å².